The first-order valence-corrected chi connectivity index (χ1v) is 7.97. The number of carbonyl (C=O) groups is 2. The first kappa shape index (κ1) is 16.1. The third-order valence-corrected chi connectivity index (χ3v) is 4.46. The molecule has 2 aliphatic heterocycles. The lowest BCUT2D eigenvalue weighted by Gasteiger charge is -2.36. The summed E-state index contributed by atoms with van der Waals surface area (Å²) in [4.78, 5) is 30.6. The highest BCUT2D eigenvalue weighted by Crippen LogP contribution is 2.36. The van der Waals surface area contributed by atoms with Gasteiger partial charge in [-0.2, -0.15) is 0 Å². The Bertz CT molecular complexity index is 672. The van der Waals surface area contributed by atoms with Crippen LogP contribution in [0.3, 0.4) is 0 Å². The second-order valence-corrected chi connectivity index (χ2v) is 5.95. The maximum Gasteiger partial charge on any atom is 0.415 e. The van der Waals surface area contributed by atoms with Crippen LogP contribution in [0.2, 0.25) is 0 Å². The number of hydrogen-bond acceptors (Lipinski definition) is 4. The van der Waals surface area contributed by atoms with E-state index in [1.807, 2.05) is 0 Å². The monoisotopic (exact) mass is 329 g/mol. The molecule has 7 heteroatoms. The zero-order valence-corrected chi connectivity index (χ0v) is 13.5. The molecule has 0 radical (unpaired) electrons. The van der Waals surface area contributed by atoms with Crippen LogP contribution < -0.4 is 4.90 Å². The Morgan fingerprint density at radius 2 is 2.00 bits per heavy atom. The second kappa shape index (κ2) is 6.40. The van der Waals surface area contributed by atoms with Crippen LogP contribution in [0.1, 0.15) is 19.8 Å². The maximum absolute atomic E-state index is 12.3. The summed E-state index contributed by atoms with van der Waals surface area (Å²) in [5, 5.41) is 0. The van der Waals surface area contributed by atoms with Crippen molar-refractivity contribution in [2.24, 2.45) is 0 Å². The molecule has 2 amide bonds. The minimum atomic E-state index is -0.557. The highest BCUT2D eigenvalue weighted by atomic mass is 16.6. The molecule has 0 aliphatic carbocycles. The standard InChI is InChI=1S/C17H19N3O4/c1-3-23-15(21)19-10-8-17(9-11-19)12-20(16(22)24-17)14-6-4-13(18-2)5-7-14/h4-7H,3,8-12H2,1H3. The van der Waals surface area contributed by atoms with Crippen molar-refractivity contribution in [3.63, 3.8) is 0 Å². The first-order chi connectivity index (χ1) is 11.6. The summed E-state index contributed by atoms with van der Waals surface area (Å²) in [7, 11) is 0. The van der Waals surface area contributed by atoms with E-state index in [0.29, 0.717) is 44.8 Å². The van der Waals surface area contributed by atoms with Gasteiger partial charge in [0.15, 0.2) is 5.69 Å². The van der Waals surface area contributed by atoms with Crippen LogP contribution in [0.5, 0.6) is 0 Å². The molecular formula is C17H19N3O4. The van der Waals surface area contributed by atoms with E-state index in [0.717, 1.165) is 5.69 Å². The van der Waals surface area contributed by atoms with Crippen molar-refractivity contribution in [3.05, 3.63) is 35.7 Å². The maximum atomic E-state index is 12.3. The summed E-state index contributed by atoms with van der Waals surface area (Å²) in [6.07, 6.45) is 0.487. The van der Waals surface area contributed by atoms with E-state index in [-0.39, 0.29) is 12.2 Å². The average Bonchev–Trinajstić information content (AvgIpc) is 2.92. The minimum Gasteiger partial charge on any atom is -0.450 e. The van der Waals surface area contributed by atoms with Gasteiger partial charge in [0.25, 0.3) is 0 Å². The number of piperidine rings is 1. The van der Waals surface area contributed by atoms with Gasteiger partial charge in [0.1, 0.15) is 5.60 Å². The zero-order valence-electron chi connectivity index (χ0n) is 13.5. The van der Waals surface area contributed by atoms with Gasteiger partial charge >= 0.3 is 12.2 Å². The van der Waals surface area contributed by atoms with Crippen LogP contribution in [0.15, 0.2) is 24.3 Å². The highest BCUT2D eigenvalue weighted by molar-refractivity contribution is 5.90. The Balaban J connectivity index is 1.66. The Morgan fingerprint density at radius 3 is 2.58 bits per heavy atom. The summed E-state index contributed by atoms with van der Waals surface area (Å²) in [5.74, 6) is 0. The van der Waals surface area contributed by atoms with Gasteiger partial charge < -0.3 is 14.4 Å². The van der Waals surface area contributed by atoms with Gasteiger partial charge in [-0.25, -0.2) is 14.4 Å². The van der Waals surface area contributed by atoms with Gasteiger partial charge in [-0.1, -0.05) is 12.1 Å². The van der Waals surface area contributed by atoms with Gasteiger partial charge in [-0.3, -0.25) is 4.90 Å². The number of carbonyl (C=O) groups excluding carboxylic acids is 2. The minimum absolute atomic E-state index is 0.316. The lowest BCUT2D eigenvalue weighted by molar-refractivity contribution is 0.000455. The third kappa shape index (κ3) is 3.00. The fraction of sp³-hybridized carbons (Fsp3) is 0.471. The Labute approximate surface area is 140 Å². The highest BCUT2D eigenvalue weighted by Gasteiger charge is 2.48. The van der Waals surface area contributed by atoms with Crippen LogP contribution in [0.4, 0.5) is 21.0 Å². The predicted molar refractivity (Wildman–Crippen MR) is 87.1 cm³/mol. The van der Waals surface area contributed by atoms with E-state index in [2.05, 4.69) is 4.85 Å². The van der Waals surface area contributed by atoms with Crippen molar-refractivity contribution < 1.29 is 19.1 Å². The molecule has 2 heterocycles. The molecule has 3 rings (SSSR count). The summed E-state index contributed by atoms with van der Waals surface area (Å²) < 4.78 is 10.7. The fourth-order valence-electron chi connectivity index (χ4n) is 3.10. The van der Waals surface area contributed by atoms with Crippen LogP contribution >= 0.6 is 0 Å². The van der Waals surface area contributed by atoms with E-state index in [1.54, 1.807) is 41.0 Å². The Kier molecular flexibility index (Phi) is 4.30. The quantitative estimate of drug-likeness (QED) is 0.782. The summed E-state index contributed by atoms with van der Waals surface area (Å²) >= 11 is 0. The van der Waals surface area contributed by atoms with Crippen molar-refractivity contribution in [3.8, 4) is 0 Å². The van der Waals surface area contributed by atoms with Crippen LogP contribution in [0.25, 0.3) is 4.85 Å². The van der Waals surface area contributed by atoms with Crippen molar-refractivity contribution in [1.82, 2.24) is 4.90 Å². The molecule has 2 fully saturated rings. The molecule has 0 saturated carbocycles. The molecule has 7 nitrogen and oxygen atoms in total. The van der Waals surface area contributed by atoms with Crippen molar-refractivity contribution in [1.29, 1.82) is 0 Å². The van der Waals surface area contributed by atoms with Gasteiger partial charge in [-0.15, -0.1) is 0 Å². The van der Waals surface area contributed by atoms with Crippen LogP contribution in [-0.2, 0) is 9.47 Å². The largest absolute Gasteiger partial charge is 0.450 e. The molecule has 126 valence electrons. The molecule has 0 bridgehead atoms. The van der Waals surface area contributed by atoms with Crippen molar-refractivity contribution in [2.75, 3.05) is 31.1 Å². The molecule has 2 aliphatic rings. The average molecular weight is 329 g/mol. The first-order valence-electron chi connectivity index (χ1n) is 7.97. The third-order valence-electron chi connectivity index (χ3n) is 4.46. The van der Waals surface area contributed by atoms with Gasteiger partial charge in [0, 0.05) is 31.6 Å². The molecule has 1 spiro atoms. The Hall–Kier alpha value is -2.75. The summed E-state index contributed by atoms with van der Waals surface area (Å²) in [5.41, 5.74) is 0.694. The summed E-state index contributed by atoms with van der Waals surface area (Å²) in [6.45, 7) is 10.6. The fourth-order valence-corrected chi connectivity index (χ4v) is 3.10. The molecule has 2 saturated heterocycles. The number of anilines is 1. The number of hydrogen-bond donors (Lipinski definition) is 0. The number of likely N-dealkylation sites (tertiary alicyclic amines) is 1. The number of ether oxygens (including phenoxy) is 2. The lowest BCUT2D eigenvalue weighted by atomic mass is 9.91. The predicted octanol–water partition coefficient (Wildman–Crippen LogP) is 3.19. The smallest absolute Gasteiger partial charge is 0.415 e. The zero-order chi connectivity index (χ0) is 17.2. The van der Waals surface area contributed by atoms with E-state index < -0.39 is 5.60 Å². The van der Waals surface area contributed by atoms with E-state index in [4.69, 9.17) is 16.0 Å². The van der Waals surface area contributed by atoms with E-state index >= 15 is 0 Å². The number of benzene rings is 1. The number of amides is 2. The number of rotatable bonds is 2. The Morgan fingerprint density at radius 1 is 1.33 bits per heavy atom. The molecule has 1 aromatic rings. The molecular weight excluding hydrogens is 310 g/mol. The van der Waals surface area contributed by atoms with Gasteiger partial charge in [0.2, 0.25) is 0 Å². The van der Waals surface area contributed by atoms with E-state index in [1.165, 1.54) is 0 Å². The van der Waals surface area contributed by atoms with Gasteiger partial charge in [-0.05, 0) is 19.1 Å². The summed E-state index contributed by atoms with van der Waals surface area (Å²) in [6, 6.07) is 6.87. The second-order valence-electron chi connectivity index (χ2n) is 5.95. The van der Waals surface area contributed by atoms with Crippen LogP contribution in [-0.4, -0.2) is 48.9 Å². The normalized spacial score (nSPS) is 19.1. The topological polar surface area (TPSA) is 63.4 Å². The molecule has 24 heavy (non-hydrogen) atoms. The van der Waals surface area contributed by atoms with E-state index in [9.17, 15) is 9.59 Å². The molecule has 0 atom stereocenters. The molecule has 0 aromatic heterocycles. The van der Waals surface area contributed by atoms with Gasteiger partial charge in [0.05, 0.1) is 19.7 Å². The number of nitrogens with zero attached hydrogens (tertiary/aromatic N) is 3. The SMILES string of the molecule is [C-]#[N+]c1ccc(N2CC3(CCN(C(=O)OCC)CC3)OC2=O)cc1. The lowest BCUT2D eigenvalue weighted by Crippen LogP contribution is -2.48. The van der Waals surface area contributed by atoms with Crippen LogP contribution in [0, 0.1) is 6.57 Å². The molecule has 0 unspecified atom stereocenters. The molecule has 0 N–H and O–H groups in total. The van der Waals surface area contributed by atoms with Crippen molar-refractivity contribution in [2.45, 2.75) is 25.4 Å². The molecule has 1 aromatic carbocycles. The van der Waals surface area contributed by atoms with Crippen molar-refractivity contribution >= 4 is 23.6 Å².